The molecule has 0 radical (unpaired) electrons. The Kier molecular flexibility index (Phi) is 4.22. The first-order chi connectivity index (χ1) is 9.76. The van der Waals surface area contributed by atoms with Crippen molar-refractivity contribution in [3.8, 4) is 0 Å². The van der Waals surface area contributed by atoms with Crippen LogP contribution in [0.15, 0.2) is 17.8 Å². The third-order valence-corrected chi connectivity index (χ3v) is 4.90. The van der Waals surface area contributed by atoms with Crippen LogP contribution in [0.4, 0.5) is 0 Å². The first-order valence-corrected chi connectivity index (χ1v) is 8.44. The molecule has 0 saturated carbocycles. The fourth-order valence-electron chi connectivity index (χ4n) is 2.92. The molecule has 1 atom stereocenters. The van der Waals surface area contributed by atoms with E-state index in [1.54, 1.807) is 11.3 Å². The fourth-order valence-corrected chi connectivity index (χ4v) is 3.81. The Morgan fingerprint density at radius 1 is 1.40 bits per heavy atom. The number of aliphatic hydroxyl groups excluding tert-OH is 1. The van der Waals surface area contributed by atoms with Crippen LogP contribution in [0, 0.1) is 0 Å². The van der Waals surface area contributed by atoms with Crippen molar-refractivity contribution in [1.82, 2.24) is 9.55 Å². The quantitative estimate of drug-likeness (QED) is 0.872. The number of hydrogen-bond acceptors (Lipinski definition) is 3. The molecule has 0 saturated heterocycles. The zero-order valence-electron chi connectivity index (χ0n) is 12.0. The average Bonchev–Trinajstić information content (AvgIpc) is 2.99. The molecule has 0 aromatic carbocycles. The minimum Gasteiger partial charge on any atom is -0.388 e. The van der Waals surface area contributed by atoms with E-state index in [2.05, 4.69) is 34.2 Å². The largest absolute Gasteiger partial charge is 0.388 e. The summed E-state index contributed by atoms with van der Waals surface area (Å²) in [6.45, 7) is 3.01. The van der Waals surface area contributed by atoms with Crippen LogP contribution in [-0.4, -0.2) is 14.7 Å². The second-order valence-corrected chi connectivity index (χ2v) is 6.60. The number of rotatable bonds is 4. The molecule has 1 aliphatic carbocycles. The van der Waals surface area contributed by atoms with Crippen LogP contribution >= 0.6 is 11.3 Å². The van der Waals surface area contributed by atoms with Gasteiger partial charge >= 0.3 is 0 Å². The summed E-state index contributed by atoms with van der Waals surface area (Å²) in [5, 5.41) is 13.6. The normalized spacial score (nSPS) is 18.8. The predicted molar refractivity (Wildman–Crippen MR) is 82.2 cm³/mol. The lowest BCUT2D eigenvalue weighted by Gasteiger charge is -2.06. The Labute approximate surface area is 124 Å². The molecule has 0 aliphatic heterocycles. The number of hydrogen-bond donors (Lipinski definition) is 1. The number of fused-ring (bicyclic) bond motifs is 1. The van der Waals surface area contributed by atoms with Gasteiger partial charge in [-0.2, -0.15) is 0 Å². The van der Waals surface area contributed by atoms with Crippen LogP contribution in [0.3, 0.4) is 0 Å². The fraction of sp³-hybridized carbons (Fsp3) is 0.562. The van der Waals surface area contributed by atoms with Gasteiger partial charge in [-0.3, -0.25) is 0 Å². The Bertz CT molecular complexity index is 573. The van der Waals surface area contributed by atoms with Gasteiger partial charge in [0.25, 0.3) is 0 Å². The highest BCUT2D eigenvalue weighted by Gasteiger charge is 2.18. The second-order valence-electron chi connectivity index (χ2n) is 5.66. The molecule has 0 bridgehead atoms. The first-order valence-electron chi connectivity index (χ1n) is 7.56. The molecule has 2 aromatic rings. The minimum absolute atomic E-state index is 0.278. The smallest absolute Gasteiger partial charge is 0.0928 e. The number of nitrogens with zero attached hydrogens (tertiary/aromatic N) is 2. The Morgan fingerprint density at radius 2 is 2.30 bits per heavy atom. The summed E-state index contributed by atoms with van der Waals surface area (Å²) in [6.07, 6.45) is 10.6. The lowest BCUT2D eigenvalue weighted by Crippen LogP contribution is -1.99. The van der Waals surface area contributed by atoms with Gasteiger partial charge in [-0.25, -0.2) is 4.98 Å². The van der Waals surface area contributed by atoms with Gasteiger partial charge in [-0.1, -0.05) is 13.3 Å². The molecular weight excluding hydrogens is 268 g/mol. The lowest BCUT2D eigenvalue weighted by molar-refractivity contribution is 0.166. The summed E-state index contributed by atoms with van der Waals surface area (Å²) in [6, 6.07) is 0. The Balaban J connectivity index is 1.76. The standard InChI is InChI=1S/C16H22N2OS/c1-2-5-16-17-13(11-20-16)9-18-8-12-6-3-4-7-15(19)14(12)10-18/h8,10-11,15,19H,2-7,9H2,1H3. The number of aryl methyl sites for hydroxylation is 2. The minimum atomic E-state index is -0.278. The molecule has 1 unspecified atom stereocenters. The van der Waals surface area contributed by atoms with E-state index >= 15 is 0 Å². The maximum Gasteiger partial charge on any atom is 0.0928 e. The first kappa shape index (κ1) is 13.8. The molecule has 108 valence electrons. The Morgan fingerprint density at radius 3 is 3.15 bits per heavy atom. The van der Waals surface area contributed by atoms with Crippen LogP contribution < -0.4 is 0 Å². The van der Waals surface area contributed by atoms with Crippen molar-refractivity contribution >= 4 is 11.3 Å². The molecule has 20 heavy (non-hydrogen) atoms. The highest BCUT2D eigenvalue weighted by atomic mass is 32.1. The predicted octanol–water partition coefficient (Wildman–Crippen LogP) is 3.71. The summed E-state index contributed by atoms with van der Waals surface area (Å²) < 4.78 is 2.18. The highest BCUT2D eigenvalue weighted by molar-refractivity contribution is 7.09. The van der Waals surface area contributed by atoms with E-state index in [-0.39, 0.29) is 6.10 Å². The third kappa shape index (κ3) is 2.96. The van der Waals surface area contributed by atoms with Gasteiger partial charge in [0.15, 0.2) is 0 Å². The van der Waals surface area contributed by atoms with Crippen LogP contribution in [0.2, 0.25) is 0 Å². The maximum atomic E-state index is 10.2. The summed E-state index contributed by atoms with van der Waals surface area (Å²) in [7, 11) is 0. The van der Waals surface area contributed by atoms with E-state index in [9.17, 15) is 5.11 Å². The van der Waals surface area contributed by atoms with E-state index in [0.29, 0.717) is 0 Å². The van der Waals surface area contributed by atoms with Crippen LogP contribution in [0.1, 0.15) is 60.5 Å². The van der Waals surface area contributed by atoms with Crippen molar-refractivity contribution < 1.29 is 5.11 Å². The number of aromatic nitrogens is 2. The topological polar surface area (TPSA) is 38.0 Å². The molecule has 4 heteroatoms. The van der Waals surface area contributed by atoms with Crippen molar-refractivity contribution in [3.63, 3.8) is 0 Å². The van der Waals surface area contributed by atoms with Crippen molar-refractivity contribution in [3.05, 3.63) is 39.6 Å². The van der Waals surface area contributed by atoms with Crippen LogP contribution in [0.5, 0.6) is 0 Å². The molecule has 1 N–H and O–H groups in total. The van der Waals surface area contributed by atoms with E-state index in [1.165, 1.54) is 17.0 Å². The number of thiazole rings is 1. The summed E-state index contributed by atoms with van der Waals surface area (Å²) in [5.41, 5.74) is 3.59. The summed E-state index contributed by atoms with van der Waals surface area (Å²) >= 11 is 1.76. The van der Waals surface area contributed by atoms with Crippen molar-refractivity contribution in [2.75, 3.05) is 0 Å². The molecule has 1 aliphatic rings. The van der Waals surface area contributed by atoms with Crippen molar-refractivity contribution in [2.45, 2.75) is 58.1 Å². The summed E-state index contributed by atoms with van der Waals surface area (Å²) in [5.74, 6) is 0. The molecule has 2 aromatic heterocycles. The highest BCUT2D eigenvalue weighted by Crippen LogP contribution is 2.29. The molecule has 0 fully saturated rings. The average molecular weight is 290 g/mol. The van der Waals surface area contributed by atoms with E-state index < -0.39 is 0 Å². The number of aliphatic hydroxyl groups is 1. The van der Waals surface area contributed by atoms with E-state index in [0.717, 1.165) is 49.9 Å². The van der Waals surface area contributed by atoms with E-state index in [4.69, 9.17) is 0 Å². The third-order valence-electron chi connectivity index (χ3n) is 3.94. The lowest BCUT2D eigenvalue weighted by atomic mass is 10.1. The van der Waals surface area contributed by atoms with Gasteiger partial charge in [0.1, 0.15) is 0 Å². The van der Waals surface area contributed by atoms with Gasteiger partial charge in [0, 0.05) is 23.3 Å². The van der Waals surface area contributed by atoms with Crippen molar-refractivity contribution in [1.29, 1.82) is 0 Å². The van der Waals surface area contributed by atoms with E-state index in [1.807, 2.05) is 0 Å². The second kappa shape index (κ2) is 6.10. The molecular formula is C16H22N2OS. The zero-order valence-corrected chi connectivity index (χ0v) is 12.8. The molecule has 3 rings (SSSR count). The van der Waals surface area contributed by atoms with Gasteiger partial charge < -0.3 is 9.67 Å². The SMILES string of the molecule is CCCc1nc(Cn2cc3c(c2)C(O)CCCC3)cs1. The molecule has 0 spiro atoms. The van der Waals surface area contributed by atoms with Crippen LogP contribution in [0.25, 0.3) is 0 Å². The molecule has 2 heterocycles. The Hall–Kier alpha value is -1.13. The van der Waals surface area contributed by atoms with Gasteiger partial charge in [-0.15, -0.1) is 11.3 Å². The molecule has 0 amide bonds. The van der Waals surface area contributed by atoms with Crippen LogP contribution in [-0.2, 0) is 19.4 Å². The van der Waals surface area contributed by atoms with Gasteiger partial charge in [0.05, 0.1) is 23.4 Å². The zero-order chi connectivity index (χ0) is 13.9. The van der Waals surface area contributed by atoms with Gasteiger partial charge in [0.2, 0.25) is 0 Å². The molecule has 3 nitrogen and oxygen atoms in total. The monoisotopic (exact) mass is 290 g/mol. The van der Waals surface area contributed by atoms with Crippen molar-refractivity contribution in [2.24, 2.45) is 0 Å². The van der Waals surface area contributed by atoms with Gasteiger partial charge in [-0.05, 0) is 37.7 Å². The summed E-state index contributed by atoms with van der Waals surface area (Å²) in [4.78, 5) is 4.67. The maximum absolute atomic E-state index is 10.2.